The fraction of sp³-hybridized carbons (Fsp3) is 0.286. The van der Waals surface area contributed by atoms with Crippen molar-refractivity contribution in [1.82, 2.24) is 4.90 Å². The topological polar surface area (TPSA) is 57.6 Å². The van der Waals surface area contributed by atoms with Crippen molar-refractivity contribution in [2.45, 2.75) is 6.04 Å². The number of hydrogen-bond acceptors (Lipinski definition) is 3. The van der Waals surface area contributed by atoms with E-state index < -0.39 is 12.0 Å². The van der Waals surface area contributed by atoms with Gasteiger partial charge in [0.25, 0.3) is 0 Å². The summed E-state index contributed by atoms with van der Waals surface area (Å²) in [7, 11) is 0. The Balaban J connectivity index is 2.12. The summed E-state index contributed by atoms with van der Waals surface area (Å²) in [6.45, 7) is 0.430. The second-order valence-corrected chi connectivity index (χ2v) is 6.45. The monoisotopic (exact) mass is 345 g/mol. The van der Waals surface area contributed by atoms with E-state index in [1.54, 1.807) is 24.3 Å². The van der Waals surface area contributed by atoms with Crippen molar-refractivity contribution >= 4 is 52.9 Å². The molecule has 112 valence electrons. The molecule has 1 atom stereocenters. The first kappa shape index (κ1) is 16.2. The molecule has 1 fully saturated rings. The van der Waals surface area contributed by atoms with Crippen LogP contribution in [0.2, 0.25) is 10.0 Å². The zero-order chi connectivity index (χ0) is 15.4. The lowest BCUT2D eigenvalue weighted by molar-refractivity contribution is -0.147. The summed E-state index contributed by atoms with van der Waals surface area (Å²) in [6, 6.07) is 4.19. The number of carbonyl (C=O) groups excluding carboxylic acids is 1. The number of carbonyl (C=O) groups is 2. The van der Waals surface area contributed by atoms with Gasteiger partial charge in [-0.1, -0.05) is 29.3 Å². The quantitative estimate of drug-likeness (QED) is 0.855. The standard InChI is InChI=1S/C14H13Cl2NO3S/c15-10-3-1-9(11(16)7-10)2-4-13(18)17-5-6-21-8-12(17)14(19)20/h1-4,7,12H,5-6,8H2,(H,19,20)/b4-2+. The molecule has 1 saturated heterocycles. The predicted octanol–water partition coefficient (Wildman–Crippen LogP) is 3.04. The summed E-state index contributed by atoms with van der Waals surface area (Å²) < 4.78 is 0. The molecular formula is C14H13Cl2NO3S. The van der Waals surface area contributed by atoms with Crippen molar-refractivity contribution in [3.8, 4) is 0 Å². The number of halogens is 2. The maximum Gasteiger partial charge on any atom is 0.327 e. The average molecular weight is 346 g/mol. The number of aliphatic carboxylic acids is 1. The molecule has 1 heterocycles. The molecule has 0 aromatic heterocycles. The number of hydrogen-bond donors (Lipinski definition) is 1. The van der Waals surface area contributed by atoms with Crippen LogP contribution in [0.1, 0.15) is 5.56 Å². The van der Waals surface area contributed by atoms with Crippen LogP contribution >= 0.6 is 35.0 Å². The predicted molar refractivity (Wildman–Crippen MR) is 86.0 cm³/mol. The number of amides is 1. The largest absolute Gasteiger partial charge is 0.480 e. The fourth-order valence-electron chi connectivity index (χ4n) is 1.97. The Morgan fingerprint density at radius 2 is 2.14 bits per heavy atom. The van der Waals surface area contributed by atoms with E-state index in [1.807, 2.05) is 0 Å². The Hall–Kier alpha value is -1.17. The lowest BCUT2D eigenvalue weighted by Gasteiger charge is -2.31. The highest BCUT2D eigenvalue weighted by atomic mass is 35.5. The van der Waals surface area contributed by atoms with Crippen molar-refractivity contribution in [2.24, 2.45) is 0 Å². The molecule has 1 unspecified atom stereocenters. The fourth-order valence-corrected chi connectivity index (χ4v) is 3.48. The van der Waals surface area contributed by atoms with Gasteiger partial charge in [-0.05, 0) is 23.8 Å². The summed E-state index contributed by atoms with van der Waals surface area (Å²) in [5.41, 5.74) is 0.660. The maximum absolute atomic E-state index is 12.2. The van der Waals surface area contributed by atoms with Crippen molar-refractivity contribution in [3.63, 3.8) is 0 Å². The molecule has 7 heteroatoms. The zero-order valence-corrected chi connectivity index (χ0v) is 13.3. The van der Waals surface area contributed by atoms with Crippen LogP contribution in [0.5, 0.6) is 0 Å². The number of carboxylic acids is 1. The summed E-state index contributed by atoms with van der Waals surface area (Å²) >= 11 is 13.4. The van der Waals surface area contributed by atoms with Gasteiger partial charge in [0.05, 0.1) is 0 Å². The highest BCUT2D eigenvalue weighted by Crippen LogP contribution is 2.22. The van der Waals surface area contributed by atoms with E-state index in [0.717, 1.165) is 5.75 Å². The number of carboxylic acid groups (broad SMARTS) is 1. The molecule has 0 bridgehead atoms. The van der Waals surface area contributed by atoms with Crippen molar-refractivity contribution in [1.29, 1.82) is 0 Å². The Morgan fingerprint density at radius 1 is 1.38 bits per heavy atom. The molecule has 2 rings (SSSR count). The molecule has 1 N–H and O–H groups in total. The molecular weight excluding hydrogens is 333 g/mol. The van der Waals surface area contributed by atoms with Crippen molar-refractivity contribution in [2.75, 3.05) is 18.1 Å². The van der Waals surface area contributed by atoms with Gasteiger partial charge in [-0.15, -0.1) is 0 Å². The zero-order valence-electron chi connectivity index (χ0n) is 11.0. The molecule has 1 aliphatic rings. The van der Waals surface area contributed by atoms with E-state index >= 15 is 0 Å². The van der Waals surface area contributed by atoms with Gasteiger partial charge in [0.15, 0.2) is 0 Å². The Morgan fingerprint density at radius 3 is 2.81 bits per heavy atom. The number of rotatable bonds is 3. The first-order chi connectivity index (χ1) is 9.99. The summed E-state index contributed by atoms with van der Waals surface area (Å²) in [5.74, 6) is -0.149. The molecule has 1 aliphatic heterocycles. The molecule has 1 amide bonds. The van der Waals surface area contributed by atoms with Crippen LogP contribution in [-0.4, -0.2) is 46.0 Å². The van der Waals surface area contributed by atoms with Gasteiger partial charge in [-0.2, -0.15) is 11.8 Å². The first-order valence-corrected chi connectivity index (χ1v) is 8.14. The van der Waals surface area contributed by atoms with Gasteiger partial charge in [-0.3, -0.25) is 4.79 Å². The van der Waals surface area contributed by atoms with Crippen LogP contribution in [-0.2, 0) is 9.59 Å². The van der Waals surface area contributed by atoms with Crippen LogP contribution in [0, 0.1) is 0 Å². The Labute approximate surface area is 136 Å². The minimum Gasteiger partial charge on any atom is -0.480 e. The molecule has 21 heavy (non-hydrogen) atoms. The Kier molecular flexibility index (Phi) is 5.56. The number of nitrogens with zero attached hydrogens (tertiary/aromatic N) is 1. The first-order valence-electron chi connectivity index (χ1n) is 6.23. The lowest BCUT2D eigenvalue weighted by Crippen LogP contribution is -2.49. The molecule has 4 nitrogen and oxygen atoms in total. The highest BCUT2D eigenvalue weighted by Gasteiger charge is 2.31. The lowest BCUT2D eigenvalue weighted by atomic mass is 10.2. The smallest absolute Gasteiger partial charge is 0.327 e. The summed E-state index contributed by atoms with van der Waals surface area (Å²) in [5, 5.41) is 10.1. The van der Waals surface area contributed by atoms with Gasteiger partial charge >= 0.3 is 5.97 Å². The number of benzene rings is 1. The summed E-state index contributed by atoms with van der Waals surface area (Å²) in [6.07, 6.45) is 2.92. The number of thioether (sulfide) groups is 1. The van der Waals surface area contributed by atoms with Gasteiger partial charge in [-0.25, -0.2) is 4.79 Å². The van der Waals surface area contributed by atoms with E-state index in [2.05, 4.69) is 0 Å². The van der Waals surface area contributed by atoms with Gasteiger partial charge in [0.1, 0.15) is 6.04 Å². The average Bonchev–Trinajstić information content (AvgIpc) is 2.46. The van der Waals surface area contributed by atoms with Gasteiger partial charge in [0.2, 0.25) is 5.91 Å². The minimum atomic E-state index is -0.978. The second kappa shape index (κ2) is 7.20. The SMILES string of the molecule is O=C(O)C1CSCCN1C(=O)/C=C/c1ccc(Cl)cc1Cl. The molecule has 0 spiro atoms. The third kappa shape index (κ3) is 4.15. The molecule has 1 aromatic carbocycles. The third-order valence-electron chi connectivity index (χ3n) is 3.06. The van der Waals surface area contributed by atoms with Crippen molar-refractivity contribution in [3.05, 3.63) is 39.9 Å². The maximum atomic E-state index is 12.2. The van der Waals surface area contributed by atoms with Crippen LogP contribution in [0.4, 0.5) is 0 Å². The van der Waals surface area contributed by atoms with Crippen LogP contribution in [0.3, 0.4) is 0 Å². The second-order valence-electron chi connectivity index (χ2n) is 4.46. The molecule has 0 saturated carbocycles. The Bertz CT molecular complexity index is 592. The van der Waals surface area contributed by atoms with E-state index in [0.29, 0.717) is 27.9 Å². The normalized spacial score (nSPS) is 19.0. The minimum absolute atomic E-state index is 0.325. The van der Waals surface area contributed by atoms with Gasteiger partial charge < -0.3 is 10.0 Å². The van der Waals surface area contributed by atoms with Gasteiger partial charge in [0, 0.05) is 34.2 Å². The van der Waals surface area contributed by atoms with Crippen molar-refractivity contribution < 1.29 is 14.7 Å². The van der Waals surface area contributed by atoms with Crippen LogP contribution in [0.25, 0.3) is 6.08 Å². The molecule has 0 radical (unpaired) electrons. The third-order valence-corrected chi connectivity index (χ3v) is 4.65. The van der Waals surface area contributed by atoms with Crippen LogP contribution < -0.4 is 0 Å². The van der Waals surface area contributed by atoms with E-state index in [1.165, 1.54) is 22.7 Å². The summed E-state index contributed by atoms with van der Waals surface area (Å²) in [4.78, 5) is 24.7. The van der Waals surface area contributed by atoms with E-state index in [9.17, 15) is 9.59 Å². The highest BCUT2D eigenvalue weighted by molar-refractivity contribution is 7.99. The molecule has 0 aliphatic carbocycles. The van der Waals surface area contributed by atoms with E-state index in [4.69, 9.17) is 28.3 Å². The molecule has 1 aromatic rings. The van der Waals surface area contributed by atoms with E-state index in [-0.39, 0.29) is 5.91 Å². The van der Waals surface area contributed by atoms with Crippen LogP contribution in [0.15, 0.2) is 24.3 Å².